The Morgan fingerprint density at radius 3 is 2.65 bits per heavy atom. The van der Waals surface area contributed by atoms with Gasteiger partial charge in [0.2, 0.25) is 5.91 Å². The van der Waals surface area contributed by atoms with Crippen molar-refractivity contribution in [2.45, 2.75) is 58.7 Å². The van der Waals surface area contributed by atoms with Crippen molar-refractivity contribution >= 4 is 29.2 Å². The Morgan fingerprint density at radius 2 is 1.95 bits per heavy atom. The average molecular weight is 568 g/mol. The highest BCUT2D eigenvalue weighted by Gasteiger charge is 2.42. The van der Waals surface area contributed by atoms with Gasteiger partial charge in [0.1, 0.15) is 23.6 Å². The molecule has 1 aromatic carbocycles. The Morgan fingerprint density at radius 1 is 1.20 bits per heavy atom. The van der Waals surface area contributed by atoms with Gasteiger partial charge in [-0.15, -0.1) is 0 Å². The van der Waals surface area contributed by atoms with E-state index in [2.05, 4.69) is 22.1 Å². The van der Waals surface area contributed by atoms with Crippen LogP contribution in [0.3, 0.4) is 0 Å². The molecule has 2 aromatic heterocycles. The number of nitrogens with one attached hydrogen (secondary N) is 2. The first-order chi connectivity index (χ1) is 19.2. The fourth-order valence-corrected chi connectivity index (χ4v) is 6.12. The molecule has 6 rings (SSSR count). The largest absolute Gasteiger partial charge is 0.373 e. The first kappa shape index (κ1) is 26.6. The van der Waals surface area contributed by atoms with Crippen molar-refractivity contribution in [1.29, 1.82) is 0 Å². The van der Waals surface area contributed by atoms with Crippen LogP contribution in [0.15, 0.2) is 35.1 Å². The fourth-order valence-electron chi connectivity index (χ4n) is 5.99. The molecule has 2 amide bonds. The number of hydrogen-bond donors (Lipinski definition) is 2. The number of hydrogen-bond acceptors (Lipinski definition) is 5. The summed E-state index contributed by atoms with van der Waals surface area (Å²) < 4.78 is 23.5. The number of amides is 2. The zero-order valence-electron chi connectivity index (χ0n) is 22.5. The number of fused-ring (bicyclic) bond motifs is 5. The summed E-state index contributed by atoms with van der Waals surface area (Å²) >= 11 is 5.97. The summed E-state index contributed by atoms with van der Waals surface area (Å²) in [7, 11) is 0. The van der Waals surface area contributed by atoms with E-state index < -0.39 is 17.1 Å². The summed E-state index contributed by atoms with van der Waals surface area (Å²) in [6, 6.07) is 8.70. The summed E-state index contributed by atoms with van der Waals surface area (Å²) in [5.74, 6) is -0.421. The lowest BCUT2D eigenvalue weighted by Gasteiger charge is -2.42. The van der Waals surface area contributed by atoms with Crippen LogP contribution in [0.4, 0.5) is 10.2 Å². The molecule has 0 bridgehead atoms. The predicted octanol–water partition coefficient (Wildman–Crippen LogP) is 3.49. The number of alkyl halides is 1. The lowest BCUT2D eigenvalue weighted by Crippen LogP contribution is -2.60. The third-order valence-corrected chi connectivity index (χ3v) is 8.17. The van der Waals surface area contributed by atoms with Crippen LogP contribution in [0.5, 0.6) is 0 Å². The molecule has 0 unspecified atom stereocenters. The normalized spacial score (nSPS) is 16.8. The summed E-state index contributed by atoms with van der Waals surface area (Å²) in [5, 5.41) is 6.77. The lowest BCUT2D eigenvalue weighted by molar-refractivity contribution is -0.144. The second kappa shape index (κ2) is 10.1. The molecule has 3 aliphatic rings. The zero-order valence-corrected chi connectivity index (χ0v) is 23.2. The molecule has 0 aliphatic carbocycles. The topological polar surface area (TPSA) is 97.6 Å². The van der Waals surface area contributed by atoms with E-state index in [-0.39, 0.29) is 37.6 Å². The summed E-state index contributed by atoms with van der Waals surface area (Å²) in [5.41, 5.74) is 3.71. The lowest BCUT2D eigenvalue weighted by atomic mass is 9.94. The number of likely N-dealkylation sites (tertiary alicyclic amines) is 1. The molecule has 5 heterocycles. The van der Waals surface area contributed by atoms with Crippen LogP contribution in [0.2, 0.25) is 5.02 Å². The SMILES string of the molecule is CCc1c2c(n3c1COCC3)CNc1c-2cc(C(=O)NCc2ccc(Cl)cc2)c(=O)n1CC(=O)N1CC(C)(F)C1. The molecule has 0 saturated carbocycles. The number of aromatic nitrogens is 2. The van der Waals surface area contributed by atoms with Gasteiger partial charge in [-0.05, 0) is 42.7 Å². The average Bonchev–Trinajstić information content (AvgIpc) is 3.26. The van der Waals surface area contributed by atoms with E-state index in [1.807, 2.05) is 0 Å². The molecular formula is C29H31ClFN5O4. The summed E-state index contributed by atoms with van der Waals surface area (Å²) in [4.78, 5) is 41.7. The quantitative estimate of drug-likeness (QED) is 0.475. The molecule has 0 atom stereocenters. The van der Waals surface area contributed by atoms with Gasteiger partial charge < -0.3 is 24.8 Å². The van der Waals surface area contributed by atoms with Crippen LogP contribution in [0.25, 0.3) is 11.1 Å². The maximum Gasteiger partial charge on any atom is 0.265 e. The third kappa shape index (κ3) is 4.58. The van der Waals surface area contributed by atoms with E-state index in [4.69, 9.17) is 16.3 Å². The van der Waals surface area contributed by atoms with Crippen LogP contribution in [-0.4, -0.2) is 51.2 Å². The zero-order chi connectivity index (χ0) is 28.2. The van der Waals surface area contributed by atoms with Crippen LogP contribution in [0, 0.1) is 0 Å². The number of anilines is 1. The Kier molecular flexibility index (Phi) is 6.70. The maximum absolute atomic E-state index is 14.1. The molecule has 1 saturated heterocycles. The maximum atomic E-state index is 14.1. The van der Waals surface area contributed by atoms with Crippen molar-refractivity contribution in [2.75, 3.05) is 25.0 Å². The molecule has 0 radical (unpaired) electrons. The van der Waals surface area contributed by atoms with Crippen molar-refractivity contribution in [3.8, 4) is 11.1 Å². The number of halogens is 2. The Hall–Kier alpha value is -3.63. The van der Waals surface area contributed by atoms with Gasteiger partial charge in [-0.1, -0.05) is 30.7 Å². The van der Waals surface area contributed by atoms with E-state index in [1.165, 1.54) is 16.4 Å². The van der Waals surface area contributed by atoms with E-state index in [0.717, 1.165) is 41.0 Å². The highest BCUT2D eigenvalue weighted by Crippen LogP contribution is 2.42. The number of carbonyl (C=O) groups excluding carboxylic acids is 2. The first-order valence-electron chi connectivity index (χ1n) is 13.5. The van der Waals surface area contributed by atoms with Gasteiger partial charge in [-0.3, -0.25) is 19.0 Å². The smallest absolute Gasteiger partial charge is 0.265 e. The van der Waals surface area contributed by atoms with Crippen molar-refractivity contribution in [1.82, 2.24) is 19.4 Å². The minimum absolute atomic E-state index is 0.0200. The molecule has 210 valence electrons. The molecule has 9 nitrogen and oxygen atoms in total. The Balaban J connectivity index is 1.43. The van der Waals surface area contributed by atoms with Gasteiger partial charge in [0.15, 0.2) is 0 Å². The second-order valence-corrected chi connectivity index (χ2v) is 11.3. The van der Waals surface area contributed by atoms with Crippen molar-refractivity contribution in [3.05, 3.63) is 73.8 Å². The van der Waals surface area contributed by atoms with Crippen molar-refractivity contribution in [3.63, 3.8) is 0 Å². The molecule has 11 heteroatoms. The van der Waals surface area contributed by atoms with E-state index >= 15 is 0 Å². The number of rotatable bonds is 6. The molecule has 40 heavy (non-hydrogen) atoms. The fraction of sp³-hybridized carbons (Fsp3) is 0.414. The summed E-state index contributed by atoms with van der Waals surface area (Å²) in [6.45, 7) is 5.69. The van der Waals surface area contributed by atoms with Crippen molar-refractivity contribution < 1.29 is 18.7 Å². The van der Waals surface area contributed by atoms with E-state index in [9.17, 15) is 18.8 Å². The molecule has 2 N–H and O–H groups in total. The number of carbonyl (C=O) groups is 2. The third-order valence-electron chi connectivity index (χ3n) is 7.92. The molecular weight excluding hydrogens is 537 g/mol. The van der Waals surface area contributed by atoms with Gasteiger partial charge in [-0.2, -0.15) is 0 Å². The van der Waals surface area contributed by atoms with Gasteiger partial charge in [0, 0.05) is 40.6 Å². The van der Waals surface area contributed by atoms with Gasteiger partial charge in [0.25, 0.3) is 11.5 Å². The van der Waals surface area contributed by atoms with Crippen molar-refractivity contribution in [2.24, 2.45) is 0 Å². The first-order valence-corrected chi connectivity index (χ1v) is 13.9. The summed E-state index contributed by atoms with van der Waals surface area (Å²) in [6.07, 6.45) is 0.743. The minimum atomic E-state index is -1.43. The molecule has 3 aliphatic heterocycles. The number of ether oxygens (including phenoxy) is 1. The molecule has 0 spiro atoms. The van der Waals surface area contributed by atoms with Crippen LogP contribution in [0.1, 0.15) is 46.7 Å². The minimum Gasteiger partial charge on any atom is -0.373 e. The number of pyridine rings is 1. The monoisotopic (exact) mass is 567 g/mol. The van der Waals surface area contributed by atoms with Crippen LogP contribution >= 0.6 is 11.6 Å². The second-order valence-electron chi connectivity index (χ2n) is 10.8. The van der Waals surface area contributed by atoms with Gasteiger partial charge in [0.05, 0.1) is 32.8 Å². The van der Waals surface area contributed by atoms with Crippen LogP contribution in [-0.2, 0) is 48.7 Å². The highest BCUT2D eigenvalue weighted by atomic mass is 35.5. The predicted molar refractivity (Wildman–Crippen MR) is 149 cm³/mol. The van der Waals surface area contributed by atoms with Gasteiger partial charge >= 0.3 is 0 Å². The van der Waals surface area contributed by atoms with E-state index in [0.29, 0.717) is 36.2 Å². The number of nitrogens with zero attached hydrogens (tertiary/aromatic N) is 3. The number of benzene rings is 1. The van der Waals surface area contributed by atoms with E-state index in [1.54, 1.807) is 30.3 Å². The molecule has 1 fully saturated rings. The Bertz CT molecular complexity index is 1550. The molecule has 3 aromatic rings. The van der Waals surface area contributed by atoms with Crippen LogP contribution < -0.4 is 16.2 Å². The Labute approximate surface area is 235 Å². The highest BCUT2D eigenvalue weighted by molar-refractivity contribution is 6.30. The van der Waals surface area contributed by atoms with Gasteiger partial charge in [-0.25, -0.2) is 4.39 Å². The standard InChI is InChI=1S/C29H31ClFN5O4/c1-3-19-23-14-40-9-8-35(23)22-12-32-26-20(25(19)22)10-21(27(38)33-11-17-4-6-18(30)7-5-17)28(39)36(26)13-24(37)34-15-29(2,31)16-34/h4-7,10,32H,3,8-9,11-16H2,1-2H3,(H,33,38).